The van der Waals surface area contributed by atoms with E-state index < -0.39 is 12.1 Å². The van der Waals surface area contributed by atoms with Gasteiger partial charge in [0.1, 0.15) is 12.1 Å². The van der Waals surface area contributed by atoms with E-state index in [1.165, 1.54) is 0 Å². The van der Waals surface area contributed by atoms with Gasteiger partial charge in [-0.3, -0.25) is 19.5 Å². The number of hydrogen-bond donors (Lipinski definition) is 1. The Hall–Kier alpha value is -1.91. The number of hydrogen-bond acceptors (Lipinski definition) is 3. The van der Waals surface area contributed by atoms with E-state index >= 15 is 0 Å². The predicted octanol–water partition coefficient (Wildman–Crippen LogP) is 1.35. The zero-order valence-corrected chi connectivity index (χ0v) is 11.5. The highest BCUT2D eigenvalue weighted by Gasteiger charge is 2.40. The van der Waals surface area contributed by atoms with Crippen LogP contribution in [0.3, 0.4) is 0 Å². The highest BCUT2D eigenvalue weighted by molar-refractivity contribution is 6.08. The quantitative estimate of drug-likeness (QED) is 0.893. The molecule has 0 bridgehead atoms. The first-order chi connectivity index (χ1) is 9.06. The number of amides is 2. The minimum atomic E-state index is -0.503. The number of aromatic nitrogens is 1. The van der Waals surface area contributed by atoms with Crippen LogP contribution in [-0.4, -0.2) is 28.9 Å². The Morgan fingerprint density at radius 1 is 1.47 bits per heavy atom. The molecule has 2 rings (SSSR count). The van der Waals surface area contributed by atoms with Crippen molar-refractivity contribution in [1.82, 2.24) is 10.3 Å². The molecule has 3 unspecified atom stereocenters. The summed E-state index contributed by atoms with van der Waals surface area (Å²) in [6.07, 6.45) is 4.10. The minimum Gasteiger partial charge on any atom is -0.342 e. The number of anilines is 1. The fourth-order valence-corrected chi connectivity index (χ4v) is 2.26. The Labute approximate surface area is 113 Å². The molecular weight excluding hydrogens is 242 g/mol. The van der Waals surface area contributed by atoms with Crippen molar-refractivity contribution in [2.45, 2.75) is 39.3 Å². The van der Waals surface area contributed by atoms with Crippen LogP contribution in [0.15, 0.2) is 24.5 Å². The zero-order chi connectivity index (χ0) is 14.0. The summed E-state index contributed by atoms with van der Waals surface area (Å²) in [5.74, 6) is -0.0636. The second-order valence-electron chi connectivity index (χ2n) is 4.97. The Bertz CT molecular complexity index is 475. The maximum absolute atomic E-state index is 12.6. The molecule has 2 amide bonds. The zero-order valence-electron chi connectivity index (χ0n) is 11.5. The average molecular weight is 261 g/mol. The number of nitrogens with zero attached hydrogens (tertiary/aromatic N) is 2. The van der Waals surface area contributed by atoms with Crippen LogP contribution in [0.25, 0.3) is 0 Å². The SMILES string of the molecule is CCC(C)C1NC(=O)C(C)N(c2cccnc2)C1=O. The Kier molecular flexibility index (Phi) is 3.83. The third kappa shape index (κ3) is 2.45. The van der Waals surface area contributed by atoms with E-state index in [1.54, 1.807) is 36.4 Å². The molecule has 0 aromatic carbocycles. The number of pyridine rings is 1. The molecule has 1 aromatic rings. The number of piperazine rings is 1. The number of carbonyl (C=O) groups excluding carboxylic acids is 2. The second kappa shape index (κ2) is 5.38. The van der Waals surface area contributed by atoms with Crippen LogP contribution in [-0.2, 0) is 9.59 Å². The lowest BCUT2D eigenvalue weighted by atomic mass is 9.94. The van der Waals surface area contributed by atoms with E-state index in [0.29, 0.717) is 5.69 Å². The lowest BCUT2D eigenvalue weighted by Gasteiger charge is -2.39. The molecule has 3 atom stereocenters. The summed E-state index contributed by atoms with van der Waals surface area (Å²) in [5, 5.41) is 2.82. The van der Waals surface area contributed by atoms with Gasteiger partial charge in [-0.05, 0) is 25.0 Å². The predicted molar refractivity (Wildman–Crippen MR) is 72.6 cm³/mol. The molecule has 1 aliphatic heterocycles. The van der Waals surface area contributed by atoms with E-state index in [2.05, 4.69) is 10.3 Å². The second-order valence-corrected chi connectivity index (χ2v) is 4.97. The smallest absolute Gasteiger partial charge is 0.250 e. The molecule has 0 aliphatic carbocycles. The van der Waals surface area contributed by atoms with Crippen molar-refractivity contribution in [1.29, 1.82) is 0 Å². The fraction of sp³-hybridized carbons (Fsp3) is 0.500. The van der Waals surface area contributed by atoms with E-state index in [4.69, 9.17) is 0 Å². The van der Waals surface area contributed by atoms with Gasteiger partial charge < -0.3 is 5.32 Å². The lowest BCUT2D eigenvalue weighted by Crippen LogP contribution is -2.64. The van der Waals surface area contributed by atoms with Crippen molar-refractivity contribution in [3.63, 3.8) is 0 Å². The molecule has 102 valence electrons. The van der Waals surface area contributed by atoms with Crippen molar-refractivity contribution in [2.24, 2.45) is 5.92 Å². The van der Waals surface area contributed by atoms with Crippen LogP contribution in [0.5, 0.6) is 0 Å². The van der Waals surface area contributed by atoms with E-state index in [9.17, 15) is 9.59 Å². The Balaban J connectivity index is 2.35. The molecule has 1 fully saturated rings. The summed E-state index contributed by atoms with van der Waals surface area (Å²) in [5.41, 5.74) is 0.670. The molecule has 5 nitrogen and oxygen atoms in total. The third-order valence-electron chi connectivity index (χ3n) is 3.71. The van der Waals surface area contributed by atoms with Crippen LogP contribution >= 0.6 is 0 Å². The van der Waals surface area contributed by atoms with Crippen LogP contribution in [0.1, 0.15) is 27.2 Å². The highest BCUT2D eigenvalue weighted by atomic mass is 16.2. The Morgan fingerprint density at radius 3 is 2.79 bits per heavy atom. The molecular formula is C14H19N3O2. The van der Waals surface area contributed by atoms with Crippen LogP contribution in [0.4, 0.5) is 5.69 Å². The van der Waals surface area contributed by atoms with Crippen molar-refractivity contribution >= 4 is 17.5 Å². The third-order valence-corrected chi connectivity index (χ3v) is 3.71. The van der Waals surface area contributed by atoms with Gasteiger partial charge in [-0.2, -0.15) is 0 Å². The van der Waals surface area contributed by atoms with Gasteiger partial charge in [0.25, 0.3) is 5.91 Å². The van der Waals surface area contributed by atoms with E-state index in [-0.39, 0.29) is 17.7 Å². The summed E-state index contributed by atoms with van der Waals surface area (Å²) in [6.45, 7) is 5.71. The van der Waals surface area contributed by atoms with Gasteiger partial charge in [-0.25, -0.2) is 0 Å². The first-order valence-electron chi connectivity index (χ1n) is 6.59. The van der Waals surface area contributed by atoms with Crippen LogP contribution in [0.2, 0.25) is 0 Å². The van der Waals surface area contributed by atoms with Crippen molar-refractivity contribution in [3.05, 3.63) is 24.5 Å². The number of carbonyl (C=O) groups is 2. The summed E-state index contributed by atoms with van der Waals surface area (Å²) < 4.78 is 0. The Morgan fingerprint density at radius 2 is 2.21 bits per heavy atom. The highest BCUT2D eigenvalue weighted by Crippen LogP contribution is 2.23. The molecule has 0 radical (unpaired) electrons. The van der Waals surface area contributed by atoms with Crippen molar-refractivity contribution in [2.75, 3.05) is 4.90 Å². The van der Waals surface area contributed by atoms with Crippen LogP contribution < -0.4 is 10.2 Å². The molecule has 0 saturated carbocycles. The summed E-state index contributed by atoms with van der Waals surface area (Å²) in [7, 11) is 0. The molecule has 0 spiro atoms. The summed E-state index contributed by atoms with van der Waals surface area (Å²) >= 11 is 0. The maximum atomic E-state index is 12.6. The van der Waals surface area contributed by atoms with Gasteiger partial charge in [0.2, 0.25) is 5.91 Å². The average Bonchev–Trinajstić information content (AvgIpc) is 2.43. The molecule has 1 N–H and O–H groups in total. The molecule has 5 heteroatoms. The lowest BCUT2D eigenvalue weighted by molar-refractivity contribution is -0.134. The van der Waals surface area contributed by atoms with Gasteiger partial charge in [0, 0.05) is 6.20 Å². The molecule has 1 aromatic heterocycles. The van der Waals surface area contributed by atoms with Gasteiger partial charge in [-0.15, -0.1) is 0 Å². The maximum Gasteiger partial charge on any atom is 0.250 e. The number of nitrogens with one attached hydrogen (secondary N) is 1. The van der Waals surface area contributed by atoms with Gasteiger partial charge in [0.05, 0.1) is 11.9 Å². The normalized spacial score (nSPS) is 25.1. The minimum absolute atomic E-state index is 0.0607. The number of rotatable bonds is 3. The monoisotopic (exact) mass is 261 g/mol. The summed E-state index contributed by atoms with van der Waals surface area (Å²) in [6, 6.07) is 2.61. The van der Waals surface area contributed by atoms with Crippen molar-refractivity contribution in [3.8, 4) is 0 Å². The van der Waals surface area contributed by atoms with Crippen LogP contribution in [0, 0.1) is 5.92 Å². The molecule has 19 heavy (non-hydrogen) atoms. The summed E-state index contributed by atoms with van der Waals surface area (Å²) in [4.78, 5) is 30.2. The van der Waals surface area contributed by atoms with E-state index in [0.717, 1.165) is 6.42 Å². The first-order valence-corrected chi connectivity index (χ1v) is 6.59. The van der Waals surface area contributed by atoms with Gasteiger partial charge in [0.15, 0.2) is 0 Å². The molecule has 2 heterocycles. The molecule has 1 aliphatic rings. The molecule has 1 saturated heterocycles. The topological polar surface area (TPSA) is 62.3 Å². The van der Waals surface area contributed by atoms with E-state index in [1.807, 2.05) is 13.8 Å². The standard InChI is InChI=1S/C14H19N3O2/c1-4-9(2)12-14(19)17(10(3)13(18)16-12)11-6-5-7-15-8-11/h5-10,12H,4H2,1-3H3,(H,16,18). The fourth-order valence-electron chi connectivity index (χ4n) is 2.26. The van der Waals surface area contributed by atoms with Gasteiger partial charge >= 0.3 is 0 Å². The van der Waals surface area contributed by atoms with Crippen molar-refractivity contribution < 1.29 is 9.59 Å². The van der Waals surface area contributed by atoms with Gasteiger partial charge in [-0.1, -0.05) is 20.3 Å². The largest absolute Gasteiger partial charge is 0.342 e. The first kappa shape index (κ1) is 13.5.